The Hall–Kier alpha value is -3.27. The summed E-state index contributed by atoms with van der Waals surface area (Å²) in [5.41, 5.74) is 2.69. The first-order valence-corrected chi connectivity index (χ1v) is 7.24. The largest absolute Gasteiger partial charge is 0.338 e. The molecule has 0 unspecified atom stereocenters. The third kappa shape index (κ3) is 2.21. The van der Waals surface area contributed by atoms with E-state index in [1.807, 2.05) is 30.3 Å². The number of benzene rings is 2. The first-order valence-electron chi connectivity index (χ1n) is 7.24. The minimum absolute atomic E-state index is 0.175. The van der Waals surface area contributed by atoms with E-state index in [4.69, 9.17) is 0 Å². The molecule has 4 rings (SSSR count). The lowest BCUT2D eigenvalue weighted by atomic mass is 10.1. The second-order valence-corrected chi connectivity index (χ2v) is 5.32. The SMILES string of the molecule is O=C1C(=Cc2cnc(-c3ccccc3)[nH]2)C(=O)c2ccccc21. The standard InChI is InChI=1S/C19H12N2O2/c22-17-14-8-4-5-9-15(14)18(23)16(17)10-13-11-20-19(21-13)12-6-2-1-3-7-12/h1-11H,(H,20,21). The monoisotopic (exact) mass is 300 g/mol. The van der Waals surface area contributed by atoms with Gasteiger partial charge in [-0.3, -0.25) is 9.59 Å². The number of rotatable bonds is 2. The fourth-order valence-electron chi connectivity index (χ4n) is 2.71. The van der Waals surface area contributed by atoms with E-state index in [-0.39, 0.29) is 17.1 Å². The van der Waals surface area contributed by atoms with Crippen molar-refractivity contribution in [3.63, 3.8) is 0 Å². The number of H-pyrrole nitrogens is 1. The number of nitrogens with zero attached hydrogens (tertiary/aromatic N) is 1. The second kappa shape index (κ2) is 5.18. The van der Waals surface area contributed by atoms with Gasteiger partial charge in [-0.2, -0.15) is 0 Å². The number of nitrogens with one attached hydrogen (secondary N) is 1. The van der Waals surface area contributed by atoms with E-state index in [1.54, 1.807) is 36.5 Å². The van der Waals surface area contributed by atoms with Gasteiger partial charge in [-0.1, -0.05) is 54.6 Å². The number of hydrogen-bond donors (Lipinski definition) is 1. The van der Waals surface area contributed by atoms with Gasteiger partial charge >= 0.3 is 0 Å². The van der Waals surface area contributed by atoms with Crippen LogP contribution in [0.5, 0.6) is 0 Å². The smallest absolute Gasteiger partial charge is 0.197 e. The minimum Gasteiger partial charge on any atom is -0.338 e. The van der Waals surface area contributed by atoms with Crippen LogP contribution in [0.2, 0.25) is 0 Å². The molecule has 1 aliphatic carbocycles. The number of ketones is 2. The van der Waals surface area contributed by atoms with Crippen LogP contribution in [0, 0.1) is 0 Å². The van der Waals surface area contributed by atoms with Gasteiger partial charge in [0.25, 0.3) is 0 Å². The van der Waals surface area contributed by atoms with Crippen LogP contribution in [0.3, 0.4) is 0 Å². The molecule has 4 nitrogen and oxygen atoms in total. The number of imidazole rings is 1. The van der Waals surface area contributed by atoms with Crippen molar-refractivity contribution in [2.24, 2.45) is 0 Å². The molecule has 0 spiro atoms. The number of aromatic amines is 1. The molecule has 2 aromatic carbocycles. The molecular weight excluding hydrogens is 288 g/mol. The van der Waals surface area contributed by atoms with E-state index in [2.05, 4.69) is 9.97 Å². The Morgan fingerprint density at radius 3 is 2.09 bits per heavy atom. The van der Waals surface area contributed by atoms with E-state index in [9.17, 15) is 9.59 Å². The highest BCUT2D eigenvalue weighted by atomic mass is 16.2. The Balaban J connectivity index is 1.71. The molecule has 0 fully saturated rings. The maximum absolute atomic E-state index is 12.4. The Labute approximate surface area is 132 Å². The quantitative estimate of drug-likeness (QED) is 0.581. The molecule has 0 saturated heterocycles. The van der Waals surface area contributed by atoms with Crippen LogP contribution in [0.25, 0.3) is 17.5 Å². The molecule has 4 heteroatoms. The zero-order valence-corrected chi connectivity index (χ0v) is 12.1. The van der Waals surface area contributed by atoms with Gasteiger partial charge in [0.05, 0.1) is 17.5 Å². The Kier molecular flexibility index (Phi) is 3.01. The van der Waals surface area contributed by atoms with E-state index in [1.165, 1.54) is 0 Å². The number of carbonyl (C=O) groups excluding carboxylic acids is 2. The van der Waals surface area contributed by atoms with E-state index >= 15 is 0 Å². The fraction of sp³-hybridized carbons (Fsp3) is 0. The third-order valence-electron chi connectivity index (χ3n) is 3.85. The Bertz CT molecular complexity index is 915. The van der Waals surface area contributed by atoms with E-state index < -0.39 is 0 Å². The van der Waals surface area contributed by atoms with Gasteiger partial charge in [0, 0.05) is 16.7 Å². The highest BCUT2D eigenvalue weighted by Gasteiger charge is 2.32. The van der Waals surface area contributed by atoms with E-state index in [0.717, 1.165) is 5.56 Å². The molecule has 23 heavy (non-hydrogen) atoms. The molecule has 0 saturated carbocycles. The molecule has 0 bridgehead atoms. The summed E-state index contributed by atoms with van der Waals surface area (Å²) in [7, 11) is 0. The molecule has 0 radical (unpaired) electrons. The first kappa shape index (κ1) is 13.4. The van der Waals surface area contributed by atoms with Crippen molar-refractivity contribution in [3.8, 4) is 11.4 Å². The number of hydrogen-bond acceptors (Lipinski definition) is 3. The second-order valence-electron chi connectivity index (χ2n) is 5.32. The first-order chi connectivity index (χ1) is 11.2. The minimum atomic E-state index is -0.235. The Morgan fingerprint density at radius 1 is 0.826 bits per heavy atom. The summed E-state index contributed by atoms with van der Waals surface area (Å²) < 4.78 is 0. The van der Waals surface area contributed by atoms with Gasteiger partial charge in [-0.15, -0.1) is 0 Å². The van der Waals surface area contributed by atoms with E-state index in [0.29, 0.717) is 22.6 Å². The average molecular weight is 300 g/mol. The maximum Gasteiger partial charge on any atom is 0.197 e. The van der Waals surface area contributed by atoms with Gasteiger partial charge in [-0.05, 0) is 6.08 Å². The number of aromatic nitrogens is 2. The molecule has 0 atom stereocenters. The average Bonchev–Trinajstić information content (AvgIpc) is 3.16. The third-order valence-corrected chi connectivity index (χ3v) is 3.85. The van der Waals surface area contributed by atoms with Crippen molar-refractivity contribution < 1.29 is 9.59 Å². The summed E-state index contributed by atoms with van der Waals surface area (Å²) in [6.07, 6.45) is 3.20. The van der Waals surface area contributed by atoms with Crippen LogP contribution >= 0.6 is 0 Å². The summed E-state index contributed by atoms with van der Waals surface area (Å²) >= 11 is 0. The summed E-state index contributed by atoms with van der Waals surface area (Å²) in [6, 6.07) is 16.6. The predicted molar refractivity (Wildman–Crippen MR) is 87.1 cm³/mol. The van der Waals surface area contributed by atoms with Crippen molar-refractivity contribution in [1.29, 1.82) is 0 Å². The molecule has 1 N–H and O–H groups in total. The zero-order valence-electron chi connectivity index (χ0n) is 12.1. The van der Waals surface area contributed by atoms with Crippen LogP contribution in [0.15, 0.2) is 66.4 Å². The van der Waals surface area contributed by atoms with Gasteiger partial charge in [-0.25, -0.2) is 4.98 Å². The van der Waals surface area contributed by atoms with Crippen molar-refractivity contribution in [3.05, 3.63) is 83.2 Å². The molecule has 0 amide bonds. The van der Waals surface area contributed by atoms with Gasteiger partial charge < -0.3 is 4.98 Å². The lowest BCUT2D eigenvalue weighted by Gasteiger charge is -1.95. The van der Waals surface area contributed by atoms with Crippen LogP contribution < -0.4 is 0 Å². The normalized spacial score (nSPS) is 13.3. The number of fused-ring (bicyclic) bond motifs is 1. The molecule has 110 valence electrons. The number of Topliss-reactive ketones (excluding diaryl/α,β-unsaturated/α-hetero) is 2. The zero-order chi connectivity index (χ0) is 15.8. The van der Waals surface area contributed by atoms with Crippen molar-refractivity contribution in [1.82, 2.24) is 9.97 Å². The predicted octanol–water partition coefficient (Wildman–Crippen LogP) is 3.54. The number of allylic oxidation sites excluding steroid dienone is 1. The molecule has 1 aromatic heterocycles. The topological polar surface area (TPSA) is 62.8 Å². The molecule has 3 aromatic rings. The van der Waals surface area contributed by atoms with Crippen LogP contribution in [-0.2, 0) is 0 Å². The summed E-state index contributed by atoms with van der Waals surface area (Å²) in [4.78, 5) is 32.2. The van der Waals surface area contributed by atoms with Crippen LogP contribution in [-0.4, -0.2) is 21.5 Å². The molecule has 1 heterocycles. The lowest BCUT2D eigenvalue weighted by Crippen LogP contribution is -2.00. The van der Waals surface area contributed by atoms with Crippen molar-refractivity contribution >= 4 is 17.6 Å². The number of carbonyl (C=O) groups is 2. The fourth-order valence-corrected chi connectivity index (χ4v) is 2.71. The highest BCUT2D eigenvalue weighted by Crippen LogP contribution is 2.27. The molecule has 0 aliphatic heterocycles. The maximum atomic E-state index is 12.4. The Morgan fingerprint density at radius 2 is 1.43 bits per heavy atom. The van der Waals surface area contributed by atoms with Gasteiger partial charge in [0.1, 0.15) is 5.82 Å². The summed E-state index contributed by atoms with van der Waals surface area (Å²) in [6.45, 7) is 0. The van der Waals surface area contributed by atoms with Crippen molar-refractivity contribution in [2.75, 3.05) is 0 Å². The lowest BCUT2D eigenvalue weighted by molar-refractivity contribution is 0.0990. The summed E-state index contributed by atoms with van der Waals surface area (Å²) in [5, 5.41) is 0. The van der Waals surface area contributed by atoms with Crippen LogP contribution in [0.1, 0.15) is 26.4 Å². The van der Waals surface area contributed by atoms with Crippen LogP contribution in [0.4, 0.5) is 0 Å². The molecular formula is C19H12N2O2. The highest BCUT2D eigenvalue weighted by molar-refractivity contribution is 6.41. The van der Waals surface area contributed by atoms with Gasteiger partial charge in [0.2, 0.25) is 0 Å². The summed E-state index contributed by atoms with van der Waals surface area (Å²) in [5.74, 6) is 0.232. The van der Waals surface area contributed by atoms with Gasteiger partial charge in [0.15, 0.2) is 11.6 Å². The van der Waals surface area contributed by atoms with Crippen molar-refractivity contribution in [2.45, 2.75) is 0 Å². The molecule has 1 aliphatic rings.